The van der Waals surface area contributed by atoms with Crippen LogP contribution in [0.2, 0.25) is 0 Å². The van der Waals surface area contributed by atoms with Crippen molar-refractivity contribution in [3.8, 4) is 11.4 Å². The summed E-state index contributed by atoms with van der Waals surface area (Å²) >= 11 is 0. The van der Waals surface area contributed by atoms with E-state index in [1.54, 1.807) is 29.2 Å². The lowest BCUT2D eigenvalue weighted by atomic mass is 9.91. The van der Waals surface area contributed by atoms with Gasteiger partial charge in [0.2, 0.25) is 5.91 Å². The van der Waals surface area contributed by atoms with E-state index in [0.29, 0.717) is 62.7 Å². The molecule has 1 aliphatic heterocycles. The van der Waals surface area contributed by atoms with E-state index in [0.717, 1.165) is 42.8 Å². The second-order valence-corrected chi connectivity index (χ2v) is 11.3. The van der Waals surface area contributed by atoms with E-state index >= 15 is 0 Å². The summed E-state index contributed by atoms with van der Waals surface area (Å²) in [6, 6.07) is 7.07. The van der Waals surface area contributed by atoms with Crippen molar-refractivity contribution < 1.29 is 19.1 Å². The minimum Gasteiger partial charge on any atom is -0.484 e. The first kappa shape index (κ1) is 29.2. The third-order valence-electron chi connectivity index (χ3n) is 7.73. The van der Waals surface area contributed by atoms with Gasteiger partial charge in [-0.15, -0.1) is 5.10 Å². The maximum atomic E-state index is 13.2. The number of fused-ring (bicyclic) bond motifs is 1. The van der Waals surface area contributed by atoms with Crippen LogP contribution in [-0.2, 0) is 29.0 Å². The van der Waals surface area contributed by atoms with Crippen molar-refractivity contribution in [3.63, 3.8) is 0 Å². The zero-order valence-electron chi connectivity index (χ0n) is 24.3. The highest BCUT2D eigenvalue weighted by molar-refractivity contribution is 5.94. The molecule has 42 heavy (non-hydrogen) atoms. The number of tetrazole rings is 1. The van der Waals surface area contributed by atoms with Gasteiger partial charge in [-0.2, -0.15) is 5.10 Å². The van der Waals surface area contributed by atoms with Gasteiger partial charge in [0, 0.05) is 49.9 Å². The average Bonchev–Trinajstić information content (AvgIpc) is 3.64. The van der Waals surface area contributed by atoms with Crippen molar-refractivity contribution in [2.45, 2.75) is 71.4 Å². The number of aryl methyl sites for hydroxylation is 1. The molecule has 2 aromatic heterocycles. The zero-order valence-corrected chi connectivity index (χ0v) is 24.3. The summed E-state index contributed by atoms with van der Waals surface area (Å²) in [7, 11) is 0. The zero-order chi connectivity index (χ0) is 29.5. The van der Waals surface area contributed by atoms with E-state index in [-0.39, 0.29) is 30.4 Å². The van der Waals surface area contributed by atoms with Crippen LogP contribution in [0.1, 0.15) is 67.7 Å². The van der Waals surface area contributed by atoms with Gasteiger partial charge >= 0.3 is 0 Å². The summed E-state index contributed by atoms with van der Waals surface area (Å²) in [5.41, 5.74) is 3.28. The number of aromatic nitrogens is 6. The van der Waals surface area contributed by atoms with Crippen LogP contribution in [0.25, 0.3) is 5.69 Å². The van der Waals surface area contributed by atoms with Crippen molar-refractivity contribution in [1.82, 2.24) is 45.5 Å². The summed E-state index contributed by atoms with van der Waals surface area (Å²) < 4.78 is 9.27. The molecule has 0 spiro atoms. The molecular weight excluding hydrogens is 538 g/mol. The Morgan fingerprint density at radius 1 is 1.12 bits per heavy atom. The van der Waals surface area contributed by atoms with Crippen LogP contribution in [0.4, 0.5) is 0 Å². The molecule has 2 bridgehead atoms. The van der Waals surface area contributed by atoms with Crippen molar-refractivity contribution in [2.75, 3.05) is 26.2 Å². The van der Waals surface area contributed by atoms with Gasteiger partial charge in [-0.1, -0.05) is 13.8 Å². The molecule has 13 nitrogen and oxygen atoms in total. The van der Waals surface area contributed by atoms with E-state index < -0.39 is 0 Å². The number of ether oxygens (including phenoxy) is 1. The monoisotopic (exact) mass is 577 g/mol. The normalized spacial score (nSPS) is 18.2. The van der Waals surface area contributed by atoms with Gasteiger partial charge in [0.05, 0.1) is 5.69 Å². The molecule has 1 unspecified atom stereocenters. The third-order valence-corrected chi connectivity index (χ3v) is 7.73. The highest BCUT2D eigenvalue weighted by Crippen LogP contribution is 2.26. The minimum atomic E-state index is -0.206. The quantitative estimate of drug-likeness (QED) is 0.431. The maximum absolute atomic E-state index is 13.2. The number of carbonyl (C=O) groups excluding carboxylic acids is 3. The first-order valence-corrected chi connectivity index (χ1v) is 14.8. The number of carbonyl (C=O) groups is 3. The predicted molar refractivity (Wildman–Crippen MR) is 153 cm³/mol. The Morgan fingerprint density at radius 2 is 1.93 bits per heavy atom. The van der Waals surface area contributed by atoms with Gasteiger partial charge in [-0.3, -0.25) is 19.1 Å². The molecule has 2 N–H and O–H groups in total. The Kier molecular flexibility index (Phi) is 9.45. The molecular formula is C29H39N9O4. The number of rotatable bonds is 7. The lowest BCUT2D eigenvalue weighted by Crippen LogP contribution is -2.40. The topological polar surface area (TPSA) is 149 Å². The SMILES string of the molecule is CC(C)CCn1nc2c3c1CCC(C3)NC(=O)CCCN(C(=O)COc1ccc(-n3cnnn3)cc1)CCCNC2=O. The van der Waals surface area contributed by atoms with Crippen molar-refractivity contribution in [3.05, 3.63) is 47.5 Å². The number of benzene rings is 1. The fourth-order valence-electron chi connectivity index (χ4n) is 5.42. The fourth-order valence-corrected chi connectivity index (χ4v) is 5.42. The van der Waals surface area contributed by atoms with Crippen LogP contribution in [0.5, 0.6) is 5.75 Å². The number of nitrogens with one attached hydrogen (secondary N) is 2. The summed E-state index contributed by atoms with van der Waals surface area (Å²) in [5, 5.41) is 22.0. The molecule has 1 aromatic carbocycles. The van der Waals surface area contributed by atoms with E-state index in [2.05, 4.69) is 40.0 Å². The lowest BCUT2D eigenvalue weighted by Gasteiger charge is -2.25. The average molecular weight is 578 g/mol. The van der Waals surface area contributed by atoms with Crippen LogP contribution >= 0.6 is 0 Å². The van der Waals surface area contributed by atoms with Crippen molar-refractivity contribution in [2.24, 2.45) is 5.92 Å². The molecule has 13 heteroatoms. The summed E-state index contributed by atoms with van der Waals surface area (Å²) in [6.07, 6.45) is 6.11. The van der Waals surface area contributed by atoms with Gasteiger partial charge in [-0.25, -0.2) is 4.68 Å². The minimum absolute atomic E-state index is 0.0390. The predicted octanol–water partition coefficient (Wildman–Crippen LogP) is 1.70. The number of hydrogen-bond donors (Lipinski definition) is 2. The molecule has 3 heterocycles. The maximum Gasteiger partial charge on any atom is 0.272 e. The molecule has 3 amide bonds. The van der Waals surface area contributed by atoms with Gasteiger partial charge in [0.15, 0.2) is 12.3 Å². The standard InChI is InChI=1S/C29H39N9O4/c1-20(2)12-16-37-25-11-6-21-17-24(25)28(33-37)29(41)30-13-4-15-36(14-3-5-26(39)32-21)27(40)18-42-23-9-7-22(8-10-23)38-19-31-34-35-38/h7-10,19-21H,3-6,11-18H2,1-2H3,(H,30,41)(H,32,39). The van der Waals surface area contributed by atoms with E-state index in [9.17, 15) is 14.4 Å². The molecule has 3 aromatic rings. The molecule has 2 aliphatic rings. The summed E-state index contributed by atoms with van der Waals surface area (Å²) in [5.74, 6) is 0.653. The van der Waals surface area contributed by atoms with Crippen LogP contribution < -0.4 is 15.4 Å². The fraction of sp³-hybridized carbons (Fsp3) is 0.552. The van der Waals surface area contributed by atoms with Crippen LogP contribution in [0.15, 0.2) is 30.6 Å². The van der Waals surface area contributed by atoms with Crippen LogP contribution in [0.3, 0.4) is 0 Å². The number of nitrogens with zero attached hydrogens (tertiary/aromatic N) is 7. The Hall–Kier alpha value is -4.29. The van der Waals surface area contributed by atoms with Gasteiger partial charge < -0.3 is 20.3 Å². The molecule has 224 valence electrons. The summed E-state index contributed by atoms with van der Waals surface area (Å²) in [6.45, 7) is 6.27. The van der Waals surface area contributed by atoms with E-state index in [4.69, 9.17) is 9.84 Å². The number of amides is 3. The second-order valence-electron chi connectivity index (χ2n) is 11.3. The first-order chi connectivity index (χ1) is 20.4. The molecule has 5 rings (SSSR count). The van der Waals surface area contributed by atoms with Crippen LogP contribution in [-0.4, -0.2) is 84.9 Å². The highest BCUT2D eigenvalue weighted by Gasteiger charge is 2.30. The third kappa shape index (κ3) is 7.31. The highest BCUT2D eigenvalue weighted by atomic mass is 16.5. The van der Waals surface area contributed by atoms with E-state index in [1.165, 1.54) is 11.0 Å². The lowest BCUT2D eigenvalue weighted by molar-refractivity contribution is -0.134. The Bertz CT molecular complexity index is 1370. The smallest absolute Gasteiger partial charge is 0.272 e. The molecule has 0 saturated carbocycles. The Balaban J connectivity index is 1.22. The Labute approximate surface area is 245 Å². The Morgan fingerprint density at radius 3 is 2.69 bits per heavy atom. The number of hydrogen-bond acceptors (Lipinski definition) is 8. The van der Waals surface area contributed by atoms with E-state index in [1.807, 2.05) is 4.68 Å². The second kappa shape index (κ2) is 13.6. The largest absolute Gasteiger partial charge is 0.484 e. The molecule has 0 radical (unpaired) electrons. The molecule has 1 atom stereocenters. The van der Waals surface area contributed by atoms with Crippen molar-refractivity contribution in [1.29, 1.82) is 0 Å². The van der Waals surface area contributed by atoms with Crippen molar-refractivity contribution >= 4 is 17.7 Å². The van der Waals surface area contributed by atoms with Gasteiger partial charge in [0.25, 0.3) is 11.8 Å². The van der Waals surface area contributed by atoms with Crippen LogP contribution in [0, 0.1) is 5.92 Å². The summed E-state index contributed by atoms with van der Waals surface area (Å²) in [4.78, 5) is 40.9. The molecule has 0 saturated heterocycles. The van der Waals surface area contributed by atoms with Gasteiger partial charge in [0.1, 0.15) is 12.1 Å². The molecule has 1 aliphatic carbocycles. The molecule has 0 fully saturated rings. The van der Waals surface area contributed by atoms with Gasteiger partial charge in [-0.05, 0) is 79.1 Å². The first-order valence-electron chi connectivity index (χ1n) is 14.8.